The summed E-state index contributed by atoms with van der Waals surface area (Å²) in [6.45, 7) is 6.71. The zero-order valence-electron chi connectivity index (χ0n) is 12.5. The summed E-state index contributed by atoms with van der Waals surface area (Å²) >= 11 is 0. The van der Waals surface area contributed by atoms with Crippen LogP contribution in [0.1, 0.15) is 51.7 Å². The normalized spacial score (nSPS) is 14.6. The molecule has 114 valence electrons. The molecule has 0 aromatic heterocycles. The van der Waals surface area contributed by atoms with Gasteiger partial charge in [-0.2, -0.15) is 0 Å². The number of halogens is 2. The van der Waals surface area contributed by atoms with E-state index >= 15 is 0 Å². The Balaban J connectivity index is 2.37. The maximum absolute atomic E-state index is 13.5. The first kappa shape index (κ1) is 17.1. The Hall–Kier alpha value is -1.00. The van der Waals surface area contributed by atoms with Crippen molar-refractivity contribution < 1.29 is 13.9 Å². The van der Waals surface area contributed by atoms with Crippen LogP contribution in [0.5, 0.6) is 0 Å². The molecule has 0 aliphatic carbocycles. The van der Waals surface area contributed by atoms with Gasteiger partial charge in [0.2, 0.25) is 0 Å². The SMILES string of the molecule is CC(C)CCCC(C)NCC(O)c1ccc(F)cc1F. The van der Waals surface area contributed by atoms with Gasteiger partial charge in [-0.1, -0.05) is 32.8 Å². The minimum atomic E-state index is -0.955. The first-order valence-corrected chi connectivity index (χ1v) is 7.26. The minimum absolute atomic E-state index is 0.133. The number of hydrogen-bond acceptors (Lipinski definition) is 2. The summed E-state index contributed by atoms with van der Waals surface area (Å²) in [6, 6.07) is 3.52. The van der Waals surface area contributed by atoms with Gasteiger partial charge >= 0.3 is 0 Å². The van der Waals surface area contributed by atoms with Crippen LogP contribution in [0, 0.1) is 17.6 Å². The van der Waals surface area contributed by atoms with Crippen LogP contribution in [-0.2, 0) is 0 Å². The van der Waals surface area contributed by atoms with Crippen LogP contribution in [0.3, 0.4) is 0 Å². The lowest BCUT2D eigenvalue weighted by atomic mass is 10.0. The molecule has 2 unspecified atom stereocenters. The fourth-order valence-corrected chi connectivity index (χ4v) is 2.13. The molecule has 1 rings (SSSR count). The van der Waals surface area contributed by atoms with Crippen LogP contribution in [0.15, 0.2) is 18.2 Å². The van der Waals surface area contributed by atoms with Gasteiger partial charge in [-0.3, -0.25) is 0 Å². The molecule has 0 bridgehead atoms. The molecule has 0 amide bonds. The van der Waals surface area contributed by atoms with E-state index in [4.69, 9.17) is 0 Å². The number of hydrogen-bond donors (Lipinski definition) is 2. The molecule has 2 N–H and O–H groups in total. The topological polar surface area (TPSA) is 32.3 Å². The highest BCUT2D eigenvalue weighted by molar-refractivity contribution is 5.21. The van der Waals surface area contributed by atoms with Crippen molar-refractivity contribution in [3.63, 3.8) is 0 Å². The van der Waals surface area contributed by atoms with Crippen molar-refractivity contribution in [2.24, 2.45) is 5.92 Å². The van der Waals surface area contributed by atoms with Gasteiger partial charge in [-0.05, 0) is 25.3 Å². The summed E-state index contributed by atoms with van der Waals surface area (Å²) in [5.41, 5.74) is 0.133. The summed E-state index contributed by atoms with van der Waals surface area (Å²) in [6.07, 6.45) is 2.38. The quantitative estimate of drug-likeness (QED) is 0.761. The van der Waals surface area contributed by atoms with E-state index in [0.29, 0.717) is 5.92 Å². The van der Waals surface area contributed by atoms with E-state index in [-0.39, 0.29) is 18.2 Å². The first-order valence-electron chi connectivity index (χ1n) is 7.26. The molecule has 0 saturated carbocycles. The molecule has 0 spiro atoms. The third-order valence-electron chi connectivity index (χ3n) is 3.40. The number of rotatable bonds is 8. The fraction of sp³-hybridized carbons (Fsp3) is 0.625. The molecule has 0 fully saturated rings. The Morgan fingerprint density at radius 3 is 2.45 bits per heavy atom. The number of benzene rings is 1. The summed E-state index contributed by atoms with van der Waals surface area (Å²) in [5.74, 6) is -0.638. The lowest BCUT2D eigenvalue weighted by molar-refractivity contribution is 0.165. The largest absolute Gasteiger partial charge is 0.387 e. The molecule has 0 radical (unpaired) electrons. The van der Waals surface area contributed by atoms with Crippen molar-refractivity contribution in [3.05, 3.63) is 35.4 Å². The van der Waals surface area contributed by atoms with Crippen molar-refractivity contribution in [2.75, 3.05) is 6.54 Å². The Bertz CT molecular complexity index is 409. The second-order valence-electron chi connectivity index (χ2n) is 5.82. The average molecular weight is 285 g/mol. The van der Waals surface area contributed by atoms with E-state index in [2.05, 4.69) is 19.2 Å². The molecular weight excluding hydrogens is 260 g/mol. The molecular formula is C16H25F2NO. The third-order valence-corrected chi connectivity index (χ3v) is 3.40. The zero-order chi connectivity index (χ0) is 15.1. The van der Waals surface area contributed by atoms with E-state index < -0.39 is 17.7 Å². The van der Waals surface area contributed by atoms with Crippen molar-refractivity contribution in [1.29, 1.82) is 0 Å². The highest BCUT2D eigenvalue weighted by atomic mass is 19.1. The standard InChI is InChI=1S/C16H25F2NO/c1-11(2)5-4-6-12(3)19-10-16(20)14-8-7-13(17)9-15(14)18/h7-9,11-12,16,19-20H,4-6,10H2,1-3H3. The Labute approximate surface area is 120 Å². The molecule has 1 aromatic rings. The van der Waals surface area contributed by atoms with Gasteiger partial charge in [0.15, 0.2) is 0 Å². The number of aliphatic hydroxyl groups is 1. The summed E-state index contributed by atoms with van der Waals surface area (Å²) < 4.78 is 26.3. The third kappa shape index (κ3) is 5.97. The van der Waals surface area contributed by atoms with E-state index in [1.807, 2.05) is 6.92 Å². The van der Waals surface area contributed by atoms with Gasteiger partial charge in [0, 0.05) is 24.2 Å². The van der Waals surface area contributed by atoms with Gasteiger partial charge in [0.1, 0.15) is 11.6 Å². The highest BCUT2D eigenvalue weighted by Crippen LogP contribution is 2.18. The molecule has 20 heavy (non-hydrogen) atoms. The molecule has 1 aromatic carbocycles. The van der Waals surface area contributed by atoms with Crippen LogP contribution in [-0.4, -0.2) is 17.7 Å². The lowest BCUT2D eigenvalue weighted by Crippen LogP contribution is -2.30. The van der Waals surface area contributed by atoms with Crippen molar-refractivity contribution in [2.45, 2.75) is 52.2 Å². The maximum Gasteiger partial charge on any atom is 0.131 e. The van der Waals surface area contributed by atoms with E-state index in [1.165, 1.54) is 12.5 Å². The lowest BCUT2D eigenvalue weighted by Gasteiger charge is -2.18. The van der Waals surface area contributed by atoms with Crippen LogP contribution >= 0.6 is 0 Å². The molecule has 2 nitrogen and oxygen atoms in total. The molecule has 2 atom stereocenters. The minimum Gasteiger partial charge on any atom is -0.387 e. The highest BCUT2D eigenvalue weighted by Gasteiger charge is 2.14. The van der Waals surface area contributed by atoms with E-state index in [9.17, 15) is 13.9 Å². The van der Waals surface area contributed by atoms with Crippen molar-refractivity contribution >= 4 is 0 Å². The van der Waals surface area contributed by atoms with Gasteiger partial charge in [-0.15, -0.1) is 0 Å². The average Bonchev–Trinajstić information content (AvgIpc) is 2.35. The molecule has 0 saturated heterocycles. The molecule has 0 aliphatic heterocycles. The van der Waals surface area contributed by atoms with Gasteiger partial charge < -0.3 is 10.4 Å². The van der Waals surface area contributed by atoms with Crippen molar-refractivity contribution in [3.8, 4) is 0 Å². The van der Waals surface area contributed by atoms with Crippen LogP contribution < -0.4 is 5.32 Å². The van der Waals surface area contributed by atoms with Crippen LogP contribution in [0.4, 0.5) is 8.78 Å². The van der Waals surface area contributed by atoms with Gasteiger partial charge in [-0.25, -0.2) is 8.78 Å². The Morgan fingerprint density at radius 2 is 1.85 bits per heavy atom. The smallest absolute Gasteiger partial charge is 0.131 e. The summed E-state index contributed by atoms with van der Waals surface area (Å²) in [7, 11) is 0. The van der Waals surface area contributed by atoms with E-state index in [1.54, 1.807) is 0 Å². The second-order valence-corrected chi connectivity index (χ2v) is 5.82. The van der Waals surface area contributed by atoms with Crippen LogP contribution in [0.2, 0.25) is 0 Å². The molecule has 0 aliphatic rings. The van der Waals surface area contributed by atoms with Crippen LogP contribution in [0.25, 0.3) is 0 Å². The monoisotopic (exact) mass is 285 g/mol. The van der Waals surface area contributed by atoms with Crippen molar-refractivity contribution in [1.82, 2.24) is 5.32 Å². The summed E-state index contributed by atoms with van der Waals surface area (Å²) in [4.78, 5) is 0. The second kappa shape index (κ2) is 8.32. The predicted octanol–water partition coefficient (Wildman–Crippen LogP) is 3.80. The first-order chi connectivity index (χ1) is 9.40. The Morgan fingerprint density at radius 1 is 1.15 bits per heavy atom. The molecule has 4 heteroatoms. The Kier molecular flexibility index (Phi) is 7.10. The zero-order valence-corrected chi connectivity index (χ0v) is 12.5. The van der Waals surface area contributed by atoms with E-state index in [0.717, 1.165) is 25.0 Å². The predicted molar refractivity (Wildman–Crippen MR) is 77.5 cm³/mol. The van der Waals surface area contributed by atoms with Gasteiger partial charge in [0.25, 0.3) is 0 Å². The number of aliphatic hydroxyl groups excluding tert-OH is 1. The fourth-order valence-electron chi connectivity index (χ4n) is 2.13. The summed E-state index contributed by atoms with van der Waals surface area (Å²) in [5, 5.41) is 13.1. The van der Waals surface area contributed by atoms with Gasteiger partial charge in [0.05, 0.1) is 6.10 Å². The number of nitrogens with one attached hydrogen (secondary N) is 1. The molecule has 0 heterocycles. The maximum atomic E-state index is 13.5.